The molecule has 2 N–H and O–H groups in total. The van der Waals surface area contributed by atoms with E-state index in [2.05, 4.69) is 39.1 Å². The molecule has 0 spiro atoms. The minimum absolute atomic E-state index is 0.0268. The summed E-state index contributed by atoms with van der Waals surface area (Å²) in [5, 5.41) is 11.1. The quantitative estimate of drug-likeness (QED) is 0.812. The van der Waals surface area contributed by atoms with Gasteiger partial charge in [0, 0.05) is 13.0 Å². The van der Waals surface area contributed by atoms with Crippen LogP contribution in [0.1, 0.15) is 47.1 Å². The van der Waals surface area contributed by atoms with E-state index in [9.17, 15) is 9.59 Å². The second-order valence-corrected chi connectivity index (χ2v) is 5.59. The molecule has 0 saturated heterocycles. The van der Waals surface area contributed by atoms with Crippen LogP contribution in [0, 0.1) is 27.7 Å². The van der Waals surface area contributed by atoms with Crippen molar-refractivity contribution < 1.29 is 14.7 Å². The summed E-state index contributed by atoms with van der Waals surface area (Å²) in [4.78, 5) is 22.0. The van der Waals surface area contributed by atoms with Crippen LogP contribution < -0.4 is 5.32 Å². The highest BCUT2D eigenvalue weighted by Gasteiger charge is 2.09. The van der Waals surface area contributed by atoms with Gasteiger partial charge in [0.1, 0.15) is 0 Å². The molecule has 1 amide bonds. The van der Waals surface area contributed by atoms with E-state index in [0.29, 0.717) is 6.42 Å². The fourth-order valence-electron chi connectivity index (χ4n) is 2.50. The number of carboxylic acid groups (broad SMARTS) is 1. The van der Waals surface area contributed by atoms with Crippen LogP contribution in [-0.2, 0) is 16.0 Å². The molecule has 1 aromatic carbocycles. The number of hydrogen-bond acceptors (Lipinski definition) is 2. The highest BCUT2D eigenvalue weighted by molar-refractivity contribution is 5.76. The lowest BCUT2D eigenvalue weighted by molar-refractivity contribution is -0.136. The lowest BCUT2D eigenvalue weighted by Gasteiger charge is -2.15. The van der Waals surface area contributed by atoms with E-state index in [-0.39, 0.29) is 18.9 Å². The van der Waals surface area contributed by atoms with Crippen molar-refractivity contribution in [1.82, 2.24) is 5.32 Å². The molecule has 1 rings (SSSR count). The molecular weight excluding hydrogens is 266 g/mol. The summed E-state index contributed by atoms with van der Waals surface area (Å²) < 4.78 is 0. The molecule has 116 valence electrons. The highest BCUT2D eigenvalue weighted by Crippen LogP contribution is 2.23. The van der Waals surface area contributed by atoms with Crippen LogP contribution >= 0.6 is 0 Å². The number of nitrogens with one attached hydrogen (secondary N) is 1. The minimum atomic E-state index is -0.892. The van der Waals surface area contributed by atoms with Crippen molar-refractivity contribution >= 4 is 11.9 Å². The van der Waals surface area contributed by atoms with Crippen LogP contribution in [0.15, 0.2) is 6.07 Å². The maximum absolute atomic E-state index is 11.6. The van der Waals surface area contributed by atoms with Crippen LogP contribution in [0.3, 0.4) is 0 Å². The number of benzene rings is 1. The van der Waals surface area contributed by atoms with Crippen molar-refractivity contribution in [1.29, 1.82) is 0 Å². The summed E-state index contributed by atoms with van der Waals surface area (Å²) in [6, 6.07) is 2.20. The Balaban J connectivity index is 2.49. The Bertz CT molecular complexity index is 509. The van der Waals surface area contributed by atoms with Crippen molar-refractivity contribution in [2.75, 3.05) is 6.54 Å². The van der Waals surface area contributed by atoms with Gasteiger partial charge >= 0.3 is 5.97 Å². The van der Waals surface area contributed by atoms with E-state index in [0.717, 1.165) is 12.8 Å². The molecule has 4 nitrogen and oxygen atoms in total. The number of carbonyl (C=O) groups is 2. The first-order valence-corrected chi connectivity index (χ1v) is 7.37. The van der Waals surface area contributed by atoms with E-state index in [1.807, 2.05) is 0 Å². The molecular formula is C17H25NO3. The zero-order valence-corrected chi connectivity index (χ0v) is 13.4. The normalized spacial score (nSPS) is 10.5. The van der Waals surface area contributed by atoms with E-state index in [1.165, 1.54) is 27.8 Å². The molecule has 0 atom stereocenters. The molecule has 0 unspecified atom stereocenters. The number of amides is 1. The smallest absolute Gasteiger partial charge is 0.305 e. The monoisotopic (exact) mass is 291 g/mol. The van der Waals surface area contributed by atoms with E-state index >= 15 is 0 Å². The first kappa shape index (κ1) is 17.2. The summed E-state index contributed by atoms with van der Waals surface area (Å²) in [6.07, 6.45) is 2.07. The second kappa shape index (κ2) is 7.81. The maximum Gasteiger partial charge on any atom is 0.305 e. The maximum atomic E-state index is 11.6. The Morgan fingerprint density at radius 2 is 1.62 bits per heavy atom. The lowest BCUT2D eigenvalue weighted by atomic mass is 9.91. The first-order chi connectivity index (χ1) is 9.82. The molecule has 4 heteroatoms. The molecule has 21 heavy (non-hydrogen) atoms. The van der Waals surface area contributed by atoms with Gasteiger partial charge in [-0.05, 0) is 68.4 Å². The van der Waals surface area contributed by atoms with Crippen LogP contribution in [0.25, 0.3) is 0 Å². The van der Waals surface area contributed by atoms with Gasteiger partial charge in [-0.15, -0.1) is 0 Å². The van der Waals surface area contributed by atoms with Gasteiger partial charge in [0.15, 0.2) is 0 Å². The zero-order chi connectivity index (χ0) is 16.0. The molecule has 0 aromatic heterocycles. The largest absolute Gasteiger partial charge is 0.481 e. The minimum Gasteiger partial charge on any atom is -0.481 e. The summed E-state index contributed by atoms with van der Waals surface area (Å²) in [5.41, 5.74) is 6.54. The standard InChI is InChI=1S/C17H25NO3/c1-11-10-12(2)14(4)15(13(11)3)6-5-7-16(19)18-9-8-17(20)21/h10H,5-9H2,1-4H3,(H,18,19)(H,20,21). The van der Waals surface area contributed by atoms with E-state index in [4.69, 9.17) is 5.11 Å². The molecule has 0 aliphatic heterocycles. The molecule has 0 saturated carbocycles. The summed E-state index contributed by atoms with van der Waals surface area (Å²) in [5.74, 6) is -0.965. The van der Waals surface area contributed by atoms with Gasteiger partial charge in [0.2, 0.25) is 5.91 Å². The Hall–Kier alpha value is -1.84. The molecule has 0 aliphatic carbocycles. The number of aliphatic carboxylic acids is 1. The van der Waals surface area contributed by atoms with Crippen LogP contribution in [0.4, 0.5) is 0 Å². The van der Waals surface area contributed by atoms with Crippen LogP contribution in [0.2, 0.25) is 0 Å². The van der Waals surface area contributed by atoms with Gasteiger partial charge in [0.25, 0.3) is 0 Å². The Morgan fingerprint density at radius 3 is 2.14 bits per heavy atom. The van der Waals surface area contributed by atoms with Crippen molar-refractivity contribution in [2.45, 2.75) is 53.4 Å². The number of carbonyl (C=O) groups excluding carboxylic acids is 1. The fraction of sp³-hybridized carbons (Fsp3) is 0.529. The van der Waals surface area contributed by atoms with Gasteiger partial charge in [0.05, 0.1) is 6.42 Å². The third kappa shape index (κ3) is 5.21. The molecule has 1 aromatic rings. The Kier molecular flexibility index (Phi) is 6.40. The third-order valence-corrected chi connectivity index (χ3v) is 4.01. The summed E-state index contributed by atoms with van der Waals surface area (Å²) in [7, 11) is 0. The zero-order valence-electron chi connectivity index (χ0n) is 13.4. The fourth-order valence-corrected chi connectivity index (χ4v) is 2.50. The highest BCUT2D eigenvalue weighted by atomic mass is 16.4. The van der Waals surface area contributed by atoms with Gasteiger partial charge in [-0.1, -0.05) is 6.07 Å². The van der Waals surface area contributed by atoms with Crippen LogP contribution in [0.5, 0.6) is 0 Å². The van der Waals surface area contributed by atoms with Crippen molar-refractivity contribution in [3.05, 3.63) is 33.9 Å². The topological polar surface area (TPSA) is 66.4 Å². The molecule has 0 aliphatic rings. The molecule has 0 fully saturated rings. The number of aryl methyl sites for hydroxylation is 2. The second-order valence-electron chi connectivity index (χ2n) is 5.59. The van der Waals surface area contributed by atoms with E-state index in [1.54, 1.807) is 0 Å². The number of rotatable bonds is 7. The molecule has 0 radical (unpaired) electrons. The predicted octanol–water partition coefficient (Wildman–Crippen LogP) is 2.83. The number of carboxylic acids is 1. The van der Waals surface area contributed by atoms with Gasteiger partial charge in [-0.3, -0.25) is 9.59 Å². The van der Waals surface area contributed by atoms with E-state index < -0.39 is 5.97 Å². The average molecular weight is 291 g/mol. The summed E-state index contributed by atoms with van der Waals surface area (Å²) in [6.45, 7) is 8.69. The molecule has 0 bridgehead atoms. The SMILES string of the molecule is Cc1cc(C)c(C)c(CCCC(=O)NCCC(=O)O)c1C. The molecule has 0 heterocycles. The van der Waals surface area contributed by atoms with Crippen molar-refractivity contribution in [3.63, 3.8) is 0 Å². The Morgan fingerprint density at radius 1 is 1.05 bits per heavy atom. The number of hydrogen-bond donors (Lipinski definition) is 2. The van der Waals surface area contributed by atoms with Crippen molar-refractivity contribution in [3.8, 4) is 0 Å². The van der Waals surface area contributed by atoms with Gasteiger partial charge < -0.3 is 10.4 Å². The lowest BCUT2D eigenvalue weighted by Crippen LogP contribution is -2.25. The van der Waals surface area contributed by atoms with Gasteiger partial charge in [-0.2, -0.15) is 0 Å². The summed E-state index contributed by atoms with van der Waals surface area (Å²) >= 11 is 0. The van der Waals surface area contributed by atoms with Crippen molar-refractivity contribution in [2.24, 2.45) is 0 Å². The predicted molar refractivity (Wildman–Crippen MR) is 83.6 cm³/mol. The third-order valence-electron chi connectivity index (χ3n) is 4.01. The average Bonchev–Trinajstić information content (AvgIpc) is 2.40. The van der Waals surface area contributed by atoms with Gasteiger partial charge in [-0.25, -0.2) is 0 Å². The van der Waals surface area contributed by atoms with Crippen LogP contribution in [-0.4, -0.2) is 23.5 Å². The first-order valence-electron chi connectivity index (χ1n) is 7.37. The Labute approximate surface area is 126 Å².